The van der Waals surface area contributed by atoms with E-state index in [2.05, 4.69) is 20.5 Å². The highest BCUT2D eigenvalue weighted by molar-refractivity contribution is 5.80. The molecule has 0 aromatic rings. The molecule has 23 heavy (non-hydrogen) atoms. The zero-order chi connectivity index (χ0) is 16.2. The third-order valence-corrected chi connectivity index (χ3v) is 5.19. The van der Waals surface area contributed by atoms with Gasteiger partial charge in [0, 0.05) is 53.2 Å². The Morgan fingerprint density at radius 2 is 2.04 bits per heavy atom. The van der Waals surface area contributed by atoms with Crippen LogP contribution in [0.2, 0.25) is 0 Å². The first-order chi connectivity index (χ1) is 11.2. The topological polar surface area (TPSA) is 69.2 Å². The van der Waals surface area contributed by atoms with E-state index in [4.69, 9.17) is 4.74 Å². The van der Waals surface area contributed by atoms with Gasteiger partial charge >= 0.3 is 0 Å². The van der Waals surface area contributed by atoms with Gasteiger partial charge in [0.2, 0.25) is 5.91 Å². The molecule has 0 aliphatic carbocycles. The Balaban J connectivity index is 1.34. The third kappa shape index (κ3) is 4.14. The highest BCUT2D eigenvalue weighted by Gasteiger charge is 2.41. The minimum Gasteiger partial charge on any atom is -0.373 e. The van der Waals surface area contributed by atoms with Gasteiger partial charge in [-0.2, -0.15) is 0 Å². The van der Waals surface area contributed by atoms with Crippen molar-refractivity contribution in [2.75, 3.05) is 46.3 Å². The molecule has 7 nitrogen and oxygen atoms in total. The van der Waals surface area contributed by atoms with Gasteiger partial charge in [-0.05, 0) is 19.3 Å². The van der Waals surface area contributed by atoms with E-state index < -0.39 is 0 Å². The van der Waals surface area contributed by atoms with Crippen LogP contribution in [-0.2, 0) is 9.53 Å². The highest BCUT2D eigenvalue weighted by atomic mass is 16.5. The van der Waals surface area contributed by atoms with Gasteiger partial charge < -0.3 is 20.3 Å². The van der Waals surface area contributed by atoms with E-state index >= 15 is 0 Å². The van der Waals surface area contributed by atoms with E-state index in [0.717, 1.165) is 51.6 Å². The standard InChI is InChI=1S/C16H29N5O2/c1-12(22)21-9-7-20(8-10-21)6-5-18-16(17-2)19-14-11-13-3-4-15(14)23-13/h13-15H,3-11H2,1-2H3,(H2,17,18,19). The summed E-state index contributed by atoms with van der Waals surface area (Å²) in [7, 11) is 1.81. The number of hydrogen-bond acceptors (Lipinski definition) is 4. The minimum absolute atomic E-state index is 0.181. The van der Waals surface area contributed by atoms with Crippen molar-refractivity contribution in [2.24, 2.45) is 4.99 Å². The monoisotopic (exact) mass is 323 g/mol. The van der Waals surface area contributed by atoms with E-state index in [0.29, 0.717) is 18.2 Å². The summed E-state index contributed by atoms with van der Waals surface area (Å²) in [6.45, 7) is 7.06. The van der Waals surface area contributed by atoms with Crippen molar-refractivity contribution in [3.63, 3.8) is 0 Å². The van der Waals surface area contributed by atoms with Crippen molar-refractivity contribution in [3.8, 4) is 0 Å². The number of hydrogen-bond donors (Lipinski definition) is 2. The second-order valence-corrected chi connectivity index (χ2v) is 6.71. The molecule has 3 heterocycles. The SMILES string of the molecule is CN=C(NCCN1CCN(C(C)=O)CC1)NC1CC2CCC1O2. The summed E-state index contributed by atoms with van der Waals surface area (Å²) in [5, 5.41) is 6.90. The number of fused-ring (bicyclic) bond motifs is 2. The molecule has 0 radical (unpaired) electrons. The van der Waals surface area contributed by atoms with Crippen molar-refractivity contribution in [1.82, 2.24) is 20.4 Å². The second-order valence-electron chi connectivity index (χ2n) is 6.71. The third-order valence-electron chi connectivity index (χ3n) is 5.19. The maximum absolute atomic E-state index is 11.3. The van der Waals surface area contributed by atoms with E-state index in [1.807, 2.05) is 11.9 Å². The smallest absolute Gasteiger partial charge is 0.219 e. The Morgan fingerprint density at radius 1 is 1.26 bits per heavy atom. The second kappa shape index (κ2) is 7.49. The first-order valence-electron chi connectivity index (χ1n) is 8.76. The van der Waals surface area contributed by atoms with Crippen LogP contribution in [-0.4, -0.2) is 86.2 Å². The predicted molar refractivity (Wildman–Crippen MR) is 89.5 cm³/mol. The molecule has 3 aliphatic rings. The van der Waals surface area contributed by atoms with Crippen LogP contribution in [0.4, 0.5) is 0 Å². The fourth-order valence-corrected chi connectivity index (χ4v) is 3.78. The summed E-state index contributed by atoms with van der Waals surface area (Å²) in [6.07, 6.45) is 4.28. The van der Waals surface area contributed by atoms with Gasteiger partial charge in [-0.15, -0.1) is 0 Å². The molecule has 2 bridgehead atoms. The Bertz CT molecular complexity index is 448. The average molecular weight is 323 g/mol. The quantitative estimate of drug-likeness (QED) is 0.546. The number of nitrogens with one attached hydrogen (secondary N) is 2. The number of carbonyl (C=O) groups excluding carboxylic acids is 1. The van der Waals surface area contributed by atoms with Crippen LogP contribution in [0, 0.1) is 0 Å². The summed E-state index contributed by atoms with van der Waals surface area (Å²) >= 11 is 0. The molecule has 1 amide bonds. The molecule has 3 rings (SSSR count). The van der Waals surface area contributed by atoms with Gasteiger partial charge in [0.15, 0.2) is 5.96 Å². The normalized spacial score (nSPS) is 31.5. The maximum Gasteiger partial charge on any atom is 0.219 e. The fraction of sp³-hybridized carbons (Fsp3) is 0.875. The van der Waals surface area contributed by atoms with E-state index in [1.54, 1.807) is 6.92 Å². The Hall–Kier alpha value is -1.34. The Kier molecular flexibility index (Phi) is 5.38. The summed E-state index contributed by atoms with van der Waals surface area (Å²) in [6, 6.07) is 0.402. The molecule has 3 saturated heterocycles. The van der Waals surface area contributed by atoms with Crippen molar-refractivity contribution >= 4 is 11.9 Å². The summed E-state index contributed by atoms with van der Waals surface area (Å²) in [5.41, 5.74) is 0. The molecule has 2 N–H and O–H groups in total. The van der Waals surface area contributed by atoms with Crippen LogP contribution >= 0.6 is 0 Å². The molecular formula is C16H29N5O2. The molecule has 130 valence electrons. The molecule has 0 saturated carbocycles. The summed E-state index contributed by atoms with van der Waals surface area (Å²) < 4.78 is 5.87. The summed E-state index contributed by atoms with van der Waals surface area (Å²) in [5.74, 6) is 1.05. The van der Waals surface area contributed by atoms with E-state index in [9.17, 15) is 4.79 Å². The summed E-state index contributed by atoms with van der Waals surface area (Å²) in [4.78, 5) is 20.0. The number of nitrogens with zero attached hydrogens (tertiary/aromatic N) is 3. The van der Waals surface area contributed by atoms with Gasteiger partial charge in [-0.1, -0.05) is 0 Å². The number of aliphatic imine (C=N–C) groups is 1. The molecule has 3 fully saturated rings. The largest absolute Gasteiger partial charge is 0.373 e. The molecular weight excluding hydrogens is 294 g/mol. The Labute approximate surface area is 138 Å². The number of rotatable bonds is 4. The van der Waals surface area contributed by atoms with Crippen molar-refractivity contribution in [1.29, 1.82) is 0 Å². The molecule has 3 aliphatic heterocycles. The minimum atomic E-state index is 0.181. The molecule has 0 aromatic heterocycles. The van der Waals surface area contributed by atoms with Crippen LogP contribution in [0.3, 0.4) is 0 Å². The van der Waals surface area contributed by atoms with Gasteiger partial charge in [0.1, 0.15) is 0 Å². The van der Waals surface area contributed by atoms with Gasteiger partial charge in [-0.3, -0.25) is 14.7 Å². The van der Waals surface area contributed by atoms with Crippen molar-refractivity contribution in [2.45, 2.75) is 44.4 Å². The molecule has 0 aromatic carbocycles. The van der Waals surface area contributed by atoms with Crippen LogP contribution in [0.15, 0.2) is 4.99 Å². The van der Waals surface area contributed by atoms with E-state index in [1.165, 1.54) is 12.8 Å². The first kappa shape index (κ1) is 16.5. The number of ether oxygens (including phenoxy) is 1. The average Bonchev–Trinajstić information content (AvgIpc) is 3.17. The van der Waals surface area contributed by atoms with Crippen LogP contribution in [0.5, 0.6) is 0 Å². The van der Waals surface area contributed by atoms with Crippen molar-refractivity contribution < 1.29 is 9.53 Å². The zero-order valence-corrected chi connectivity index (χ0v) is 14.3. The van der Waals surface area contributed by atoms with Gasteiger partial charge in [0.25, 0.3) is 0 Å². The van der Waals surface area contributed by atoms with E-state index in [-0.39, 0.29) is 5.91 Å². The van der Waals surface area contributed by atoms with Gasteiger partial charge in [-0.25, -0.2) is 0 Å². The maximum atomic E-state index is 11.3. The number of carbonyl (C=O) groups is 1. The van der Waals surface area contributed by atoms with Crippen LogP contribution in [0.25, 0.3) is 0 Å². The zero-order valence-electron chi connectivity index (χ0n) is 14.3. The predicted octanol–water partition coefficient (Wildman–Crippen LogP) is -0.365. The number of piperazine rings is 1. The molecule has 3 unspecified atom stereocenters. The highest BCUT2D eigenvalue weighted by Crippen LogP contribution is 2.34. The first-order valence-corrected chi connectivity index (χ1v) is 8.76. The number of amides is 1. The van der Waals surface area contributed by atoms with Gasteiger partial charge in [0.05, 0.1) is 18.2 Å². The fourth-order valence-electron chi connectivity index (χ4n) is 3.78. The molecule has 3 atom stereocenters. The number of guanidine groups is 1. The van der Waals surface area contributed by atoms with Crippen LogP contribution in [0.1, 0.15) is 26.2 Å². The lowest BCUT2D eigenvalue weighted by molar-refractivity contribution is -0.130. The lowest BCUT2D eigenvalue weighted by atomic mass is 9.96. The van der Waals surface area contributed by atoms with Crippen LogP contribution < -0.4 is 10.6 Å². The van der Waals surface area contributed by atoms with Crippen molar-refractivity contribution in [3.05, 3.63) is 0 Å². The lowest BCUT2D eigenvalue weighted by Crippen LogP contribution is -2.51. The molecule has 7 heteroatoms. The lowest BCUT2D eigenvalue weighted by Gasteiger charge is -2.34. The Morgan fingerprint density at radius 3 is 2.61 bits per heavy atom. The molecule has 0 spiro atoms.